The summed E-state index contributed by atoms with van der Waals surface area (Å²) in [6, 6.07) is 0. The Labute approximate surface area is 176 Å². The highest BCUT2D eigenvalue weighted by Gasteiger charge is 2.32. The molecule has 4 rings (SSSR count). The van der Waals surface area contributed by atoms with E-state index in [9.17, 15) is 19.5 Å². The summed E-state index contributed by atoms with van der Waals surface area (Å²) in [7, 11) is 0. The number of carboxylic acid groups (broad SMARTS) is 1. The first-order chi connectivity index (χ1) is 14.4. The van der Waals surface area contributed by atoms with Crippen molar-refractivity contribution < 1.29 is 28.8 Å². The van der Waals surface area contributed by atoms with Crippen molar-refractivity contribution in [2.75, 3.05) is 6.61 Å². The van der Waals surface area contributed by atoms with Crippen molar-refractivity contribution >= 4 is 29.1 Å². The largest absolute Gasteiger partial charge is 0.478 e. The molecule has 0 radical (unpaired) electrons. The van der Waals surface area contributed by atoms with Crippen molar-refractivity contribution in [1.82, 2.24) is 10.1 Å². The summed E-state index contributed by atoms with van der Waals surface area (Å²) in [4.78, 5) is 42.3. The number of ketones is 1. The number of carbonyl (C=O) groups excluding carboxylic acids is 2. The first-order valence-corrected chi connectivity index (χ1v) is 10.8. The van der Waals surface area contributed by atoms with Crippen LogP contribution in [0.1, 0.15) is 70.9 Å². The van der Waals surface area contributed by atoms with Crippen molar-refractivity contribution in [3.63, 3.8) is 0 Å². The third-order valence-corrected chi connectivity index (χ3v) is 6.68. The molecule has 1 N–H and O–H groups in total. The Morgan fingerprint density at radius 3 is 2.63 bits per heavy atom. The molecule has 30 heavy (non-hydrogen) atoms. The molecule has 2 heterocycles. The van der Waals surface area contributed by atoms with Crippen LogP contribution in [0.3, 0.4) is 0 Å². The number of carboxylic acids is 1. The fourth-order valence-corrected chi connectivity index (χ4v) is 4.94. The SMILES string of the molecule is CCOC(=O)c1sc(CC(=O)C2=C(C(=O)O)CCC2)c(-c2nc(C3CC3)no2)c1C. The van der Waals surface area contributed by atoms with Crippen LogP contribution in [0.15, 0.2) is 15.7 Å². The van der Waals surface area contributed by atoms with E-state index in [1.807, 2.05) is 0 Å². The summed E-state index contributed by atoms with van der Waals surface area (Å²) in [5.74, 6) is -0.535. The van der Waals surface area contributed by atoms with Gasteiger partial charge >= 0.3 is 11.9 Å². The molecule has 2 aromatic heterocycles. The van der Waals surface area contributed by atoms with Gasteiger partial charge in [0.1, 0.15) is 4.88 Å². The molecular formula is C21H22N2O6S. The Morgan fingerprint density at radius 1 is 1.23 bits per heavy atom. The van der Waals surface area contributed by atoms with Crippen LogP contribution in [-0.4, -0.2) is 39.6 Å². The molecule has 1 fully saturated rings. The molecule has 0 spiro atoms. The third-order valence-electron chi connectivity index (χ3n) is 5.41. The van der Waals surface area contributed by atoms with Gasteiger partial charge in [-0.25, -0.2) is 9.59 Å². The molecule has 0 saturated heterocycles. The zero-order valence-corrected chi connectivity index (χ0v) is 17.6. The minimum atomic E-state index is -1.04. The summed E-state index contributed by atoms with van der Waals surface area (Å²) in [6.07, 6.45) is 3.53. The van der Waals surface area contributed by atoms with E-state index in [4.69, 9.17) is 9.26 Å². The standard InChI is InChI=1S/C21H22N2O6S/c1-3-28-21(27)17-10(2)16(19-22-18(23-29-19)11-7-8-11)15(30-17)9-14(24)12-5-4-6-13(12)20(25)26/h11H,3-9H2,1-2H3,(H,25,26). The highest BCUT2D eigenvalue weighted by atomic mass is 32.1. The van der Waals surface area contributed by atoms with Gasteiger partial charge in [0.25, 0.3) is 5.89 Å². The number of carbonyl (C=O) groups is 3. The Hall–Kier alpha value is -2.81. The lowest BCUT2D eigenvalue weighted by Crippen LogP contribution is -2.10. The van der Waals surface area contributed by atoms with Gasteiger partial charge < -0.3 is 14.4 Å². The monoisotopic (exact) mass is 430 g/mol. The molecule has 2 aliphatic carbocycles. The number of nitrogens with zero attached hydrogens (tertiary/aromatic N) is 2. The van der Waals surface area contributed by atoms with Crippen molar-refractivity contribution in [2.24, 2.45) is 0 Å². The molecule has 1 saturated carbocycles. The van der Waals surface area contributed by atoms with E-state index in [1.54, 1.807) is 13.8 Å². The summed E-state index contributed by atoms with van der Waals surface area (Å²) < 4.78 is 10.6. The van der Waals surface area contributed by atoms with Crippen molar-refractivity contribution in [3.05, 3.63) is 32.3 Å². The maximum Gasteiger partial charge on any atom is 0.348 e. The average molecular weight is 430 g/mol. The fraction of sp³-hybridized carbons (Fsp3) is 0.476. The van der Waals surface area contributed by atoms with Gasteiger partial charge in [-0.3, -0.25) is 4.79 Å². The number of thiophene rings is 1. The number of Topliss-reactive ketones (excluding diaryl/α,β-unsaturated/α-hetero) is 1. The molecular weight excluding hydrogens is 408 g/mol. The Kier molecular flexibility index (Phi) is 5.55. The van der Waals surface area contributed by atoms with Gasteiger partial charge in [0, 0.05) is 28.4 Å². The van der Waals surface area contributed by atoms with Crippen LogP contribution in [0.25, 0.3) is 11.5 Å². The first-order valence-electron chi connectivity index (χ1n) is 10.0. The number of aromatic nitrogens is 2. The summed E-state index contributed by atoms with van der Waals surface area (Å²) in [5, 5.41) is 13.4. The molecule has 158 valence electrons. The van der Waals surface area contributed by atoms with Crippen LogP contribution in [-0.2, 0) is 20.7 Å². The number of hydrogen-bond acceptors (Lipinski definition) is 8. The second kappa shape index (κ2) is 8.14. The second-order valence-corrected chi connectivity index (χ2v) is 8.63. The maximum absolute atomic E-state index is 13.0. The fourth-order valence-electron chi connectivity index (χ4n) is 3.75. The van der Waals surface area contributed by atoms with Gasteiger partial charge in [-0.15, -0.1) is 11.3 Å². The first kappa shape index (κ1) is 20.5. The number of allylic oxidation sites excluding steroid dienone is 1. The maximum atomic E-state index is 13.0. The number of ether oxygens (including phenoxy) is 1. The molecule has 2 aliphatic rings. The van der Waals surface area contributed by atoms with Crippen molar-refractivity contribution in [3.8, 4) is 11.5 Å². The number of rotatable bonds is 8. The average Bonchev–Trinajstić information content (AvgIpc) is 3.12. The molecule has 0 amide bonds. The van der Waals surface area contributed by atoms with Gasteiger partial charge in [-0.1, -0.05) is 5.16 Å². The lowest BCUT2D eigenvalue weighted by Gasteiger charge is -2.04. The molecule has 0 aliphatic heterocycles. The van der Waals surface area contributed by atoms with Crippen LogP contribution >= 0.6 is 11.3 Å². The van der Waals surface area contributed by atoms with E-state index in [-0.39, 0.29) is 30.3 Å². The van der Waals surface area contributed by atoms with E-state index in [0.717, 1.165) is 12.8 Å². The van der Waals surface area contributed by atoms with Crippen LogP contribution in [0.5, 0.6) is 0 Å². The van der Waals surface area contributed by atoms with Gasteiger partial charge in [0.2, 0.25) is 0 Å². The smallest absolute Gasteiger partial charge is 0.348 e. The molecule has 2 aromatic rings. The molecule has 8 nitrogen and oxygen atoms in total. The topological polar surface area (TPSA) is 120 Å². The summed E-state index contributed by atoms with van der Waals surface area (Å²) >= 11 is 1.17. The molecule has 0 atom stereocenters. The van der Waals surface area contributed by atoms with E-state index >= 15 is 0 Å². The van der Waals surface area contributed by atoms with Crippen molar-refractivity contribution in [2.45, 2.75) is 58.3 Å². The lowest BCUT2D eigenvalue weighted by atomic mass is 10.0. The number of esters is 1. The van der Waals surface area contributed by atoms with E-state index in [1.165, 1.54) is 11.3 Å². The minimum absolute atomic E-state index is 0.0203. The van der Waals surface area contributed by atoms with E-state index < -0.39 is 11.9 Å². The van der Waals surface area contributed by atoms with Crippen molar-refractivity contribution in [1.29, 1.82) is 0 Å². The number of aliphatic carboxylic acids is 1. The quantitative estimate of drug-likeness (QED) is 0.627. The van der Waals surface area contributed by atoms with Crippen LogP contribution in [0, 0.1) is 6.92 Å². The molecule has 0 aromatic carbocycles. The zero-order chi connectivity index (χ0) is 21.4. The number of hydrogen-bond donors (Lipinski definition) is 1. The third kappa shape index (κ3) is 3.81. The van der Waals surface area contributed by atoms with Crippen LogP contribution in [0.2, 0.25) is 0 Å². The normalized spacial score (nSPS) is 16.2. The molecule has 0 unspecified atom stereocenters. The van der Waals surface area contributed by atoms with E-state index in [0.29, 0.717) is 57.5 Å². The minimum Gasteiger partial charge on any atom is -0.478 e. The summed E-state index contributed by atoms with van der Waals surface area (Å²) in [5.41, 5.74) is 1.76. The summed E-state index contributed by atoms with van der Waals surface area (Å²) in [6.45, 7) is 3.73. The molecule has 0 bridgehead atoms. The Morgan fingerprint density at radius 2 is 1.97 bits per heavy atom. The van der Waals surface area contributed by atoms with Gasteiger partial charge in [-0.05, 0) is 51.5 Å². The zero-order valence-electron chi connectivity index (χ0n) is 16.8. The van der Waals surface area contributed by atoms with Crippen LogP contribution in [0.4, 0.5) is 0 Å². The Balaban J connectivity index is 1.72. The highest BCUT2D eigenvalue weighted by molar-refractivity contribution is 7.14. The highest BCUT2D eigenvalue weighted by Crippen LogP contribution is 2.41. The predicted molar refractivity (Wildman–Crippen MR) is 108 cm³/mol. The van der Waals surface area contributed by atoms with Gasteiger partial charge in [-0.2, -0.15) is 4.98 Å². The van der Waals surface area contributed by atoms with Crippen LogP contribution < -0.4 is 0 Å². The van der Waals surface area contributed by atoms with Gasteiger partial charge in [0.05, 0.1) is 12.2 Å². The second-order valence-electron chi connectivity index (χ2n) is 7.52. The van der Waals surface area contributed by atoms with E-state index in [2.05, 4.69) is 10.1 Å². The van der Waals surface area contributed by atoms with Gasteiger partial charge in [0.15, 0.2) is 11.6 Å². The Bertz CT molecular complexity index is 1060. The predicted octanol–water partition coefficient (Wildman–Crippen LogP) is 3.84. The molecule has 9 heteroatoms. The lowest BCUT2D eigenvalue weighted by molar-refractivity contribution is -0.133.